The third kappa shape index (κ3) is 2.67. The number of aromatic nitrogens is 4. The molecule has 0 radical (unpaired) electrons. The Labute approximate surface area is 136 Å². The number of nitrogens with zero attached hydrogens (tertiary/aromatic N) is 5. The molecule has 23 heavy (non-hydrogen) atoms. The molecule has 0 fully saturated rings. The maximum Gasteiger partial charge on any atom is 0.331 e. The van der Waals surface area contributed by atoms with Gasteiger partial charge in [0.1, 0.15) is 11.2 Å². The molecule has 0 bridgehead atoms. The van der Waals surface area contributed by atoms with Gasteiger partial charge in [-0.2, -0.15) is 14.9 Å². The van der Waals surface area contributed by atoms with Crippen LogP contribution in [-0.2, 0) is 17.8 Å². The molecule has 10 heteroatoms. The zero-order chi connectivity index (χ0) is 16.6. The van der Waals surface area contributed by atoms with Crippen molar-refractivity contribution in [1.82, 2.24) is 19.6 Å². The Bertz CT molecular complexity index is 781. The second-order valence-corrected chi connectivity index (χ2v) is 5.59. The number of aryl methyl sites for hydroxylation is 1. The standard InChI is InChI=1S/C13H15ClN6O3/c1-2-10(21)16-12-9(20(22)23)7-15-19(12)13-11(14)8-5-3-4-6-18(8)17-13/h7H,2-6H2,1H3,(H,16,21). The quantitative estimate of drug-likeness (QED) is 0.679. The Morgan fingerprint density at radius 2 is 2.30 bits per heavy atom. The summed E-state index contributed by atoms with van der Waals surface area (Å²) in [7, 11) is 0. The van der Waals surface area contributed by atoms with Crippen LogP contribution in [0.25, 0.3) is 5.82 Å². The van der Waals surface area contributed by atoms with Crippen LogP contribution in [0.1, 0.15) is 31.9 Å². The number of carbonyl (C=O) groups excluding carboxylic acids is 1. The summed E-state index contributed by atoms with van der Waals surface area (Å²) in [4.78, 5) is 22.2. The third-order valence-electron chi connectivity index (χ3n) is 3.74. The van der Waals surface area contributed by atoms with Crippen molar-refractivity contribution in [2.75, 3.05) is 5.32 Å². The van der Waals surface area contributed by atoms with Crippen LogP contribution in [0.2, 0.25) is 5.02 Å². The first-order valence-electron chi connectivity index (χ1n) is 7.30. The number of hydrogen-bond acceptors (Lipinski definition) is 5. The van der Waals surface area contributed by atoms with Gasteiger partial charge in [-0.3, -0.25) is 19.6 Å². The number of nitrogens with one attached hydrogen (secondary N) is 1. The molecule has 0 saturated carbocycles. The molecule has 3 rings (SSSR count). The molecular formula is C13H15ClN6O3. The minimum Gasteiger partial charge on any atom is -0.305 e. The molecule has 3 heterocycles. The van der Waals surface area contributed by atoms with Gasteiger partial charge in [0.2, 0.25) is 11.7 Å². The molecular weight excluding hydrogens is 324 g/mol. The Morgan fingerprint density at radius 3 is 2.96 bits per heavy atom. The zero-order valence-electron chi connectivity index (χ0n) is 12.5. The molecule has 0 spiro atoms. The van der Waals surface area contributed by atoms with Crippen LogP contribution >= 0.6 is 11.6 Å². The van der Waals surface area contributed by atoms with Crippen LogP contribution in [0, 0.1) is 10.1 Å². The molecule has 0 unspecified atom stereocenters. The van der Waals surface area contributed by atoms with E-state index in [9.17, 15) is 14.9 Å². The molecule has 0 atom stereocenters. The average molecular weight is 339 g/mol. The minimum absolute atomic E-state index is 0.0285. The van der Waals surface area contributed by atoms with Gasteiger partial charge < -0.3 is 5.32 Å². The van der Waals surface area contributed by atoms with Crippen LogP contribution in [0.4, 0.5) is 11.5 Å². The zero-order valence-corrected chi connectivity index (χ0v) is 13.2. The van der Waals surface area contributed by atoms with Gasteiger partial charge in [-0.1, -0.05) is 18.5 Å². The molecule has 2 aromatic rings. The number of nitro groups is 1. The van der Waals surface area contributed by atoms with E-state index in [1.54, 1.807) is 11.6 Å². The fraction of sp³-hybridized carbons (Fsp3) is 0.462. The van der Waals surface area contributed by atoms with E-state index in [0.717, 1.165) is 37.7 Å². The summed E-state index contributed by atoms with van der Waals surface area (Å²) in [5.41, 5.74) is 0.590. The summed E-state index contributed by atoms with van der Waals surface area (Å²) in [6.45, 7) is 2.40. The second-order valence-electron chi connectivity index (χ2n) is 5.21. The smallest absolute Gasteiger partial charge is 0.305 e. The van der Waals surface area contributed by atoms with Crippen molar-refractivity contribution in [2.24, 2.45) is 0 Å². The fourth-order valence-corrected chi connectivity index (χ4v) is 2.86. The summed E-state index contributed by atoms with van der Waals surface area (Å²) < 4.78 is 3.01. The molecule has 9 nitrogen and oxygen atoms in total. The van der Waals surface area contributed by atoms with Gasteiger partial charge >= 0.3 is 5.69 Å². The van der Waals surface area contributed by atoms with Crippen molar-refractivity contribution in [3.8, 4) is 5.82 Å². The normalized spacial score (nSPS) is 13.7. The molecule has 1 N–H and O–H groups in total. The van der Waals surface area contributed by atoms with Gasteiger partial charge in [-0.05, 0) is 19.3 Å². The van der Waals surface area contributed by atoms with Crippen molar-refractivity contribution in [1.29, 1.82) is 0 Å². The SMILES string of the molecule is CCC(=O)Nc1c([N+](=O)[O-])cnn1-c1nn2c(c1Cl)CCCC2. The highest BCUT2D eigenvalue weighted by atomic mass is 35.5. The first-order valence-corrected chi connectivity index (χ1v) is 7.68. The van der Waals surface area contributed by atoms with Crippen molar-refractivity contribution in [2.45, 2.75) is 39.2 Å². The summed E-state index contributed by atoms with van der Waals surface area (Å²) in [6, 6.07) is 0. The van der Waals surface area contributed by atoms with E-state index < -0.39 is 4.92 Å². The molecule has 1 aliphatic heterocycles. The van der Waals surface area contributed by atoms with E-state index >= 15 is 0 Å². The van der Waals surface area contributed by atoms with E-state index in [2.05, 4.69) is 15.5 Å². The van der Waals surface area contributed by atoms with E-state index in [-0.39, 0.29) is 23.8 Å². The van der Waals surface area contributed by atoms with Gasteiger partial charge in [0.05, 0.1) is 10.6 Å². The molecule has 0 aliphatic carbocycles. The lowest BCUT2D eigenvalue weighted by Crippen LogP contribution is -2.15. The van der Waals surface area contributed by atoms with Crippen LogP contribution in [0.5, 0.6) is 0 Å². The number of fused-ring (bicyclic) bond motifs is 1. The summed E-state index contributed by atoms with van der Waals surface area (Å²) in [5, 5.41) is 22.5. The summed E-state index contributed by atoms with van der Waals surface area (Å²) in [6.07, 6.45) is 4.09. The number of rotatable bonds is 4. The maximum atomic E-state index is 11.7. The van der Waals surface area contributed by atoms with Crippen LogP contribution in [-0.4, -0.2) is 30.4 Å². The molecule has 0 aromatic carbocycles. The molecule has 122 valence electrons. The monoisotopic (exact) mass is 338 g/mol. The molecule has 0 saturated heterocycles. The number of amides is 1. The van der Waals surface area contributed by atoms with E-state index in [0.29, 0.717) is 10.8 Å². The van der Waals surface area contributed by atoms with Gasteiger partial charge in [0.25, 0.3) is 0 Å². The number of halogens is 1. The predicted molar refractivity (Wildman–Crippen MR) is 82.9 cm³/mol. The van der Waals surface area contributed by atoms with Gasteiger partial charge in [0, 0.05) is 13.0 Å². The lowest BCUT2D eigenvalue weighted by atomic mass is 10.1. The molecule has 2 aromatic heterocycles. The van der Waals surface area contributed by atoms with Crippen LogP contribution < -0.4 is 5.32 Å². The van der Waals surface area contributed by atoms with E-state index in [4.69, 9.17) is 11.6 Å². The Kier molecular flexibility index (Phi) is 4.03. The number of anilines is 1. The van der Waals surface area contributed by atoms with Gasteiger partial charge in [-0.15, -0.1) is 0 Å². The lowest BCUT2D eigenvalue weighted by molar-refractivity contribution is -0.384. The first kappa shape index (κ1) is 15.5. The minimum atomic E-state index is -0.599. The largest absolute Gasteiger partial charge is 0.331 e. The van der Waals surface area contributed by atoms with Crippen LogP contribution in [0.3, 0.4) is 0 Å². The average Bonchev–Trinajstić information content (AvgIpc) is 3.09. The van der Waals surface area contributed by atoms with Gasteiger partial charge in [-0.25, -0.2) is 0 Å². The highest BCUT2D eigenvalue weighted by molar-refractivity contribution is 6.33. The van der Waals surface area contributed by atoms with E-state index in [1.807, 2.05) is 0 Å². The van der Waals surface area contributed by atoms with Crippen molar-refractivity contribution in [3.05, 3.63) is 27.0 Å². The maximum absolute atomic E-state index is 11.7. The van der Waals surface area contributed by atoms with E-state index in [1.165, 1.54) is 4.68 Å². The fourth-order valence-electron chi connectivity index (χ4n) is 2.55. The predicted octanol–water partition coefficient (Wildman–Crippen LogP) is 2.32. The van der Waals surface area contributed by atoms with Crippen molar-refractivity contribution < 1.29 is 9.72 Å². The van der Waals surface area contributed by atoms with Crippen molar-refractivity contribution in [3.63, 3.8) is 0 Å². The van der Waals surface area contributed by atoms with Crippen molar-refractivity contribution >= 4 is 29.0 Å². The lowest BCUT2D eigenvalue weighted by Gasteiger charge is -2.12. The molecule has 1 amide bonds. The van der Waals surface area contributed by atoms with Crippen LogP contribution in [0.15, 0.2) is 6.20 Å². The highest BCUT2D eigenvalue weighted by Crippen LogP contribution is 2.33. The topological polar surface area (TPSA) is 108 Å². The summed E-state index contributed by atoms with van der Waals surface area (Å²) in [5.74, 6) is -0.0859. The third-order valence-corrected chi connectivity index (χ3v) is 4.12. The van der Waals surface area contributed by atoms with Gasteiger partial charge in [0.15, 0.2) is 5.82 Å². The highest BCUT2D eigenvalue weighted by Gasteiger charge is 2.28. The second kappa shape index (κ2) is 5.99. The Balaban J connectivity index is 2.11. The molecule has 1 aliphatic rings. The first-order chi connectivity index (χ1) is 11.0. The Morgan fingerprint density at radius 1 is 1.52 bits per heavy atom. The number of carbonyl (C=O) groups is 1. The number of hydrogen-bond donors (Lipinski definition) is 1. The Hall–Kier alpha value is -2.42. The summed E-state index contributed by atoms with van der Waals surface area (Å²) >= 11 is 6.38.